The molecule has 0 saturated carbocycles. The first-order valence-corrected chi connectivity index (χ1v) is 10.1. The van der Waals surface area contributed by atoms with Crippen LogP contribution in [-0.4, -0.2) is 54.4 Å². The van der Waals surface area contributed by atoms with Crippen LogP contribution in [0.3, 0.4) is 0 Å². The van der Waals surface area contributed by atoms with Crippen molar-refractivity contribution in [3.8, 4) is 28.7 Å². The number of hydrogen-bond donors (Lipinski definition) is 1. The highest BCUT2D eigenvalue weighted by molar-refractivity contribution is 5.97. The molecular formula is C22H22N4O9. The van der Waals surface area contributed by atoms with Crippen LogP contribution in [0.5, 0.6) is 17.2 Å². The third-order valence-corrected chi connectivity index (χ3v) is 4.74. The number of nitro benzene ring substituents is 1. The number of ether oxygens (including phenoxy) is 4. The van der Waals surface area contributed by atoms with Crippen LogP contribution in [-0.2, 0) is 16.1 Å². The van der Waals surface area contributed by atoms with Gasteiger partial charge in [-0.05, 0) is 25.1 Å². The Morgan fingerprint density at radius 2 is 1.77 bits per heavy atom. The minimum Gasteiger partial charge on any atom is -0.493 e. The predicted molar refractivity (Wildman–Crippen MR) is 119 cm³/mol. The van der Waals surface area contributed by atoms with Gasteiger partial charge >= 0.3 is 5.97 Å². The molecule has 0 radical (unpaired) electrons. The Labute approximate surface area is 199 Å². The highest BCUT2D eigenvalue weighted by Crippen LogP contribution is 2.40. The van der Waals surface area contributed by atoms with Crippen molar-refractivity contribution in [2.75, 3.05) is 21.3 Å². The molecule has 1 amide bonds. The number of amides is 1. The van der Waals surface area contributed by atoms with Crippen LogP contribution in [0.15, 0.2) is 40.8 Å². The van der Waals surface area contributed by atoms with E-state index in [0.717, 1.165) is 6.07 Å². The highest BCUT2D eigenvalue weighted by atomic mass is 16.6. The molecule has 13 heteroatoms. The number of nitrogens with one attached hydrogen (secondary N) is 1. The first-order chi connectivity index (χ1) is 16.8. The lowest BCUT2D eigenvalue weighted by Crippen LogP contribution is -2.39. The molecule has 0 saturated heterocycles. The largest absolute Gasteiger partial charge is 0.493 e. The number of nitro groups is 1. The normalized spacial score (nSPS) is 11.3. The van der Waals surface area contributed by atoms with Gasteiger partial charge < -0.3 is 28.7 Å². The first kappa shape index (κ1) is 25.0. The fourth-order valence-corrected chi connectivity index (χ4v) is 2.99. The van der Waals surface area contributed by atoms with Crippen LogP contribution in [0.1, 0.15) is 23.2 Å². The van der Waals surface area contributed by atoms with Gasteiger partial charge in [0.15, 0.2) is 18.1 Å². The molecule has 0 spiro atoms. The van der Waals surface area contributed by atoms with Gasteiger partial charge in [0, 0.05) is 23.3 Å². The van der Waals surface area contributed by atoms with Gasteiger partial charge in [0.1, 0.15) is 6.04 Å². The van der Waals surface area contributed by atoms with Gasteiger partial charge in [-0.1, -0.05) is 6.07 Å². The monoisotopic (exact) mass is 486 g/mol. The van der Waals surface area contributed by atoms with Gasteiger partial charge in [-0.25, -0.2) is 4.79 Å². The topological polar surface area (TPSA) is 165 Å². The smallest absolute Gasteiger partial charge is 0.328 e. The summed E-state index contributed by atoms with van der Waals surface area (Å²) in [5, 5.41) is 21.1. The molecule has 3 rings (SSSR count). The summed E-state index contributed by atoms with van der Waals surface area (Å²) in [5.41, 5.74) is 0.278. The Balaban J connectivity index is 1.62. The Hall–Kier alpha value is -4.68. The van der Waals surface area contributed by atoms with E-state index < -0.39 is 22.8 Å². The quantitative estimate of drug-likeness (QED) is 0.254. The number of rotatable bonds is 10. The van der Waals surface area contributed by atoms with Crippen molar-refractivity contribution >= 4 is 17.6 Å². The first-order valence-electron chi connectivity index (χ1n) is 10.1. The Morgan fingerprint density at radius 1 is 1.09 bits per heavy atom. The van der Waals surface area contributed by atoms with Crippen LogP contribution in [0.2, 0.25) is 0 Å². The summed E-state index contributed by atoms with van der Waals surface area (Å²) in [5.74, 6) is -0.116. The summed E-state index contributed by atoms with van der Waals surface area (Å²) >= 11 is 0. The van der Waals surface area contributed by atoms with Crippen LogP contribution in [0.25, 0.3) is 11.5 Å². The Kier molecular flexibility index (Phi) is 7.81. The molecule has 1 atom stereocenters. The van der Waals surface area contributed by atoms with E-state index in [1.807, 2.05) is 0 Å². The molecule has 1 heterocycles. The minimum absolute atomic E-state index is 0.0133. The van der Waals surface area contributed by atoms with E-state index in [1.54, 1.807) is 12.1 Å². The second-order valence-electron chi connectivity index (χ2n) is 7.03. The Morgan fingerprint density at radius 3 is 2.37 bits per heavy atom. The zero-order chi connectivity index (χ0) is 25.5. The average molecular weight is 486 g/mol. The molecule has 1 aromatic heterocycles. The highest BCUT2D eigenvalue weighted by Gasteiger charge is 2.21. The van der Waals surface area contributed by atoms with Crippen molar-refractivity contribution in [1.29, 1.82) is 0 Å². The van der Waals surface area contributed by atoms with Gasteiger partial charge in [-0.2, -0.15) is 0 Å². The molecule has 0 aliphatic heterocycles. The number of methoxy groups -OCH3 is 3. The second kappa shape index (κ2) is 11.0. The molecule has 13 nitrogen and oxygen atoms in total. The summed E-state index contributed by atoms with van der Waals surface area (Å²) in [4.78, 5) is 34.9. The molecule has 0 aliphatic rings. The van der Waals surface area contributed by atoms with Crippen LogP contribution in [0.4, 0.5) is 5.69 Å². The van der Waals surface area contributed by atoms with E-state index in [2.05, 4.69) is 15.5 Å². The van der Waals surface area contributed by atoms with E-state index >= 15 is 0 Å². The van der Waals surface area contributed by atoms with E-state index in [1.165, 1.54) is 46.5 Å². The van der Waals surface area contributed by atoms with E-state index in [4.69, 9.17) is 23.4 Å². The van der Waals surface area contributed by atoms with E-state index in [-0.39, 0.29) is 29.6 Å². The zero-order valence-electron chi connectivity index (χ0n) is 19.3. The maximum Gasteiger partial charge on any atom is 0.328 e. The number of carbonyl (C=O) groups excluding carboxylic acids is 2. The molecule has 184 valence electrons. The van der Waals surface area contributed by atoms with Gasteiger partial charge in [-0.15, -0.1) is 10.2 Å². The van der Waals surface area contributed by atoms with Gasteiger partial charge in [0.2, 0.25) is 11.6 Å². The summed E-state index contributed by atoms with van der Waals surface area (Å²) in [7, 11) is 4.42. The molecular weight excluding hydrogens is 464 g/mol. The summed E-state index contributed by atoms with van der Waals surface area (Å²) < 4.78 is 26.6. The average Bonchev–Trinajstić information content (AvgIpc) is 3.35. The SMILES string of the molecule is COc1cc(-c2nnc(COC(=O)C(C)NC(=O)c3cccc([N+](=O)[O-])c3)o2)cc(OC)c1OC. The zero-order valence-corrected chi connectivity index (χ0v) is 19.3. The lowest BCUT2D eigenvalue weighted by Gasteiger charge is -2.13. The standard InChI is InChI=1S/C22H22N4O9/c1-12(23-20(27)13-6-5-7-15(8-13)26(29)30)22(28)34-11-18-24-25-21(35-18)14-9-16(31-2)19(33-4)17(10-14)32-3/h5-10,12H,11H2,1-4H3,(H,23,27). The summed E-state index contributed by atoms with van der Waals surface area (Å²) in [6.45, 7) is 1.07. The molecule has 2 aromatic carbocycles. The molecule has 1 unspecified atom stereocenters. The fourth-order valence-electron chi connectivity index (χ4n) is 2.99. The number of carbonyl (C=O) groups is 2. The number of esters is 1. The van der Waals surface area contributed by atoms with Crippen molar-refractivity contribution in [1.82, 2.24) is 15.5 Å². The van der Waals surface area contributed by atoms with Gasteiger partial charge in [-0.3, -0.25) is 14.9 Å². The van der Waals surface area contributed by atoms with E-state index in [9.17, 15) is 19.7 Å². The third kappa shape index (κ3) is 5.82. The van der Waals surface area contributed by atoms with Crippen molar-refractivity contribution in [2.45, 2.75) is 19.6 Å². The lowest BCUT2D eigenvalue weighted by atomic mass is 10.2. The number of aromatic nitrogens is 2. The predicted octanol–water partition coefficient (Wildman–Crippen LogP) is 2.53. The molecule has 0 aliphatic carbocycles. The fraction of sp³-hybridized carbons (Fsp3) is 0.273. The maximum absolute atomic E-state index is 12.3. The van der Waals surface area contributed by atoms with Crippen molar-refractivity contribution in [2.24, 2.45) is 0 Å². The Bertz CT molecular complexity index is 1220. The number of benzene rings is 2. The van der Waals surface area contributed by atoms with Crippen molar-refractivity contribution in [3.05, 3.63) is 58.0 Å². The number of nitrogens with zero attached hydrogens (tertiary/aromatic N) is 3. The molecule has 0 fully saturated rings. The van der Waals surface area contributed by atoms with Crippen LogP contribution >= 0.6 is 0 Å². The van der Waals surface area contributed by atoms with Gasteiger partial charge in [0.05, 0.1) is 26.3 Å². The number of non-ortho nitro benzene ring substituents is 1. The van der Waals surface area contributed by atoms with Crippen LogP contribution < -0.4 is 19.5 Å². The van der Waals surface area contributed by atoms with Crippen molar-refractivity contribution < 1.29 is 37.9 Å². The van der Waals surface area contributed by atoms with Crippen LogP contribution in [0, 0.1) is 10.1 Å². The molecule has 3 aromatic rings. The van der Waals surface area contributed by atoms with E-state index in [0.29, 0.717) is 22.8 Å². The molecule has 1 N–H and O–H groups in total. The second-order valence-corrected chi connectivity index (χ2v) is 7.03. The third-order valence-electron chi connectivity index (χ3n) is 4.74. The summed E-state index contributed by atoms with van der Waals surface area (Å²) in [6, 6.07) is 7.33. The summed E-state index contributed by atoms with van der Waals surface area (Å²) in [6.07, 6.45) is 0. The molecule has 0 bridgehead atoms. The minimum atomic E-state index is -1.04. The van der Waals surface area contributed by atoms with Gasteiger partial charge in [0.25, 0.3) is 17.5 Å². The van der Waals surface area contributed by atoms with Crippen molar-refractivity contribution in [3.63, 3.8) is 0 Å². The molecule has 35 heavy (non-hydrogen) atoms. The number of hydrogen-bond acceptors (Lipinski definition) is 11. The lowest BCUT2D eigenvalue weighted by molar-refractivity contribution is -0.384. The maximum atomic E-state index is 12.3.